The second-order valence-corrected chi connectivity index (χ2v) is 4.30. The first-order chi connectivity index (χ1) is 6.66. The topological polar surface area (TPSA) is 35.2 Å². The highest BCUT2D eigenvalue weighted by Gasteiger charge is 2.22. The van der Waals surface area contributed by atoms with Gasteiger partial charge in [0.1, 0.15) is 5.75 Å². The van der Waals surface area contributed by atoms with Gasteiger partial charge in [-0.25, -0.2) is 0 Å². The van der Waals surface area contributed by atoms with Gasteiger partial charge in [-0.2, -0.15) is 0 Å². The fourth-order valence-corrected chi connectivity index (χ4v) is 1.46. The fraction of sp³-hybridized carbons (Fsp3) is 0.455. The van der Waals surface area contributed by atoms with Crippen LogP contribution in [0, 0.1) is 12.8 Å². The standard InChI is InChI=1S/C11H14ClNO/c1-7-4-11(10(13)5-9(7)12)14-6-8-2-3-8/h4-5,8H,2-3,6,13H2,1H3. The van der Waals surface area contributed by atoms with E-state index in [1.807, 2.05) is 13.0 Å². The van der Waals surface area contributed by atoms with Crippen molar-refractivity contribution in [1.29, 1.82) is 0 Å². The molecular weight excluding hydrogens is 198 g/mol. The van der Waals surface area contributed by atoms with Crippen molar-refractivity contribution in [3.63, 3.8) is 0 Å². The van der Waals surface area contributed by atoms with Crippen LogP contribution in [0.25, 0.3) is 0 Å². The molecule has 0 aliphatic heterocycles. The van der Waals surface area contributed by atoms with Gasteiger partial charge in [-0.05, 0) is 43.4 Å². The summed E-state index contributed by atoms with van der Waals surface area (Å²) in [5.74, 6) is 1.50. The molecule has 1 aliphatic carbocycles. The van der Waals surface area contributed by atoms with E-state index in [-0.39, 0.29) is 0 Å². The average Bonchev–Trinajstić information content (AvgIpc) is 2.92. The molecule has 0 unspecified atom stereocenters. The number of nitrogen functional groups attached to an aromatic ring is 1. The summed E-state index contributed by atoms with van der Waals surface area (Å²) >= 11 is 5.93. The largest absolute Gasteiger partial charge is 0.491 e. The maximum atomic E-state index is 5.93. The Labute approximate surface area is 89.0 Å². The molecule has 2 nitrogen and oxygen atoms in total. The van der Waals surface area contributed by atoms with Gasteiger partial charge >= 0.3 is 0 Å². The second-order valence-electron chi connectivity index (χ2n) is 3.89. The molecule has 2 N–H and O–H groups in total. The Hall–Kier alpha value is -0.890. The van der Waals surface area contributed by atoms with Crippen LogP contribution in [0.1, 0.15) is 18.4 Å². The molecule has 0 atom stereocenters. The summed E-state index contributed by atoms with van der Waals surface area (Å²) in [6.45, 7) is 2.73. The highest BCUT2D eigenvalue weighted by molar-refractivity contribution is 6.31. The third-order valence-corrected chi connectivity index (χ3v) is 2.87. The number of aryl methyl sites for hydroxylation is 1. The number of anilines is 1. The zero-order valence-corrected chi connectivity index (χ0v) is 8.97. The van der Waals surface area contributed by atoms with Crippen molar-refractivity contribution in [2.24, 2.45) is 5.92 Å². The normalized spacial score (nSPS) is 15.6. The first-order valence-electron chi connectivity index (χ1n) is 4.85. The van der Waals surface area contributed by atoms with Crippen molar-refractivity contribution in [2.75, 3.05) is 12.3 Å². The van der Waals surface area contributed by atoms with E-state index in [9.17, 15) is 0 Å². The van der Waals surface area contributed by atoms with Crippen LogP contribution in [0.3, 0.4) is 0 Å². The van der Waals surface area contributed by atoms with Gasteiger partial charge in [0.05, 0.1) is 12.3 Å². The summed E-state index contributed by atoms with van der Waals surface area (Å²) in [5, 5.41) is 0.696. The summed E-state index contributed by atoms with van der Waals surface area (Å²) in [5.41, 5.74) is 7.42. The van der Waals surface area contributed by atoms with E-state index in [1.165, 1.54) is 12.8 Å². The van der Waals surface area contributed by atoms with E-state index < -0.39 is 0 Å². The Morgan fingerprint density at radius 2 is 2.21 bits per heavy atom. The molecule has 14 heavy (non-hydrogen) atoms. The zero-order chi connectivity index (χ0) is 10.1. The fourth-order valence-electron chi connectivity index (χ4n) is 1.29. The van der Waals surface area contributed by atoms with E-state index in [0.717, 1.165) is 23.8 Å². The van der Waals surface area contributed by atoms with E-state index in [4.69, 9.17) is 22.1 Å². The van der Waals surface area contributed by atoms with Gasteiger partial charge < -0.3 is 10.5 Å². The monoisotopic (exact) mass is 211 g/mol. The Morgan fingerprint density at radius 1 is 1.50 bits per heavy atom. The minimum Gasteiger partial charge on any atom is -0.491 e. The van der Waals surface area contributed by atoms with Crippen LogP contribution in [-0.2, 0) is 0 Å². The maximum absolute atomic E-state index is 5.93. The highest BCUT2D eigenvalue weighted by atomic mass is 35.5. The smallest absolute Gasteiger partial charge is 0.142 e. The molecule has 0 radical (unpaired) electrons. The Morgan fingerprint density at radius 3 is 2.86 bits per heavy atom. The minimum atomic E-state index is 0.626. The lowest BCUT2D eigenvalue weighted by Gasteiger charge is -2.10. The van der Waals surface area contributed by atoms with Gasteiger partial charge in [-0.15, -0.1) is 0 Å². The highest BCUT2D eigenvalue weighted by Crippen LogP contribution is 2.33. The predicted octanol–water partition coefficient (Wildman–Crippen LogP) is 3.02. The first kappa shape index (κ1) is 9.66. The summed E-state index contributed by atoms with van der Waals surface area (Å²) in [6.07, 6.45) is 2.57. The van der Waals surface area contributed by atoms with Gasteiger partial charge in [0.25, 0.3) is 0 Å². The Kier molecular flexibility index (Phi) is 2.55. The SMILES string of the molecule is Cc1cc(OCC2CC2)c(N)cc1Cl. The molecular formula is C11H14ClNO. The van der Waals surface area contributed by atoms with E-state index in [0.29, 0.717) is 10.7 Å². The minimum absolute atomic E-state index is 0.626. The number of benzene rings is 1. The number of halogens is 1. The summed E-state index contributed by atoms with van der Waals surface area (Å²) in [7, 11) is 0. The van der Waals surface area contributed by atoms with Crippen molar-refractivity contribution in [2.45, 2.75) is 19.8 Å². The number of hydrogen-bond donors (Lipinski definition) is 1. The summed E-state index contributed by atoms with van der Waals surface area (Å²) in [6, 6.07) is 3.65. The van der Waals surface area contributed by atoms with Crippen LogP contribution in [0.5, 0.6) is 5.75 Å². The van der Waals surface area contributed by atoms with Crippen LogP contribution < -0.4 is 10.5 Å². The molecule has 3 heteroatoms. The molecule has 1 aromatic carbocycles. The average molecular weight is 212 g/mol. The molecule has 1 aliphatic rings. The third-order valence-electron chi connectivity index (χ3n) is 2.46. The number of ether oxygens (including phenoxy) is 1. The number of rotatable bonds is 3. The summed E-state index contributed by atoms with van der Waals surface area (Å²) < 4.78 is 5.61. The van der Waals surface area contributed by atoms with Gasteiger partial charge in [0, 0.05) is 5.02 Å². The molecule has 0 spiro atoms. The summed E-state index contributed by atoms with van der Waals surface area (Å²) in [4.78, 5) is 0. The third kappa shape index (κ3) is 2.13. The van der Waals surface area contributed by atoms with Gasteiger partial charge in [-0.1, -0.05) is 11.6 Å². The van der Waals surface area contributed by atoms with E-state index >= 15 is 0 Å². The lowest BCUT2D eigenvalue weighted by atomic mass is 10.2. The van der Waals surface area contributed by atoms with Crippen molar-refractivity contribution >= 4 is 17.3 Å². The van der Waals surface area contributed by atoms with Crippen molar-refractivity contribution < 1.29 is 4.74 Å². The molecule has 0 aromatic heterocycles. The quantitative estimate of drug-likeness (QED) is 0.781. The second kappa shape index (κ2) is 3.70. The molecule has 0 bridgehead atoms. The lowest BCUT2D eigenvalue weighted by molar-refractivity contribution is 0.301. The van der Waals surface area contributed by atoms with E-state index in [2.05, 4.69) is 0 Å². The zero-order valence-electron chi connectivity index (χ0n) is 8.22. The Balaban J connectivity index is 2.10. The molecule has 0 amide bonds. The molecule has 1 saturated carbocycles. The van der Waals surface area contributed by atoms with Crippen LogP contribution in [-0.4, -0.2) is 6.61 Å². The van der Waals surface area contributed by atoms with Gasteiger partial charge in [0.15, 0.2) is 0 Å². The Bertz CT molecular complexity index is 347. The van der Waals surface area contributed by atoms with Crippen molar-refractivity contribution in [1.82, 2.24) is 0 Å². The van der Waals surface area contributed by atoms with Crippen LogP contribution >= 0.6 is 11.6 Å². The van der Waals surface area contributed by atoms with Gasteiger partial charge in [-0.3, -0.25) is 0 Å². The predicted molar refractivity (Wildman–Crippen MR) is 58.8 cm³/mol. The van der Waals surface area contributed by atoms with Crippen molar-refractivity contribution in [3.8, 4) is 5.75 Å². The first-order valence-corrected chi connectivity index (χ1v) is 5.23. The molecule has 0 heterocycles. The molecule has 76 valence electrons. The molecule has 1 fully saturated rings. The van der Waals surface area contributed by atoms with Crippen LogP contribution in [0.4, 0.5) is 5.69 Å². The molecule has 2 rings (SSSR count). The number of nitrogens with two attached hydrogens (primary N) is 1. The van der Waals surface area contributed by atoms with Crippen molar-refractivity contribution in [3.05, 3.63) is 22.7 Å². The lowest BCUT2D eigenvalue weighted by Crippen LogP contribution is -2.02. The van der Waals surface area contributed by atoms with E-state index in [1.54, 1.807) is 6.07 Å². The maximum Gasteiger partial charge on any atom is 0.142 e. The van der Waals surface area contributed by atoms with Gasteiger partial charge in [0.2, 0.25) is 0 Å². The molecule has 1 aromatic rings. The molecule has 0 saturated heterocycles. The number of hydrogen-bond acceptors (Lipinski definition) is 2. The van der Waals surface area contributed by atoms with Crippen LogP contribution in [0.2, 0.25) is 5.02 Å². The van der Waals surface area contributed by atoms with Crippen LogP contribution in [0.15, 0.2) is 12.1 Å².